The molecule has 1 aromatic rings. The molecular weight excluding hydrogens is 148 g/mol. The number of allylic oxidation sites excluding steroid dienone is 2. The minimum absolute atomic E-state index is 0.697. The zero-order chi connectivity index (χ0) is 8.97. The second-order valence-corrected chi connectivity index (χ2v) is 2.46. The minimum atomic E-state index is 0.697. The molecule has 2 N–H and O–H groups in total. The maximum Gasteiger partial charge on any atom is 0.0346 e. The monoisotopic (exact) mass is 160 g/mol. The number of rotatable bonds is 2. The molecule has 12 heavy (non-hydrogen) atoms. The molecule has 0 fully saturated rings. The van der Waals surface area contributed by atoms with E-state index in [-0.39, 0.29) is 0 Å². The molecule has 2 nitrogen and oxygen atoms in total. The van der Waals surface area contributed by atoms with Crippen molar-refractivity contribution in [1.29, 1.82) is 0 Å². The van der Waals surface area contributed by atoms with E-state index in [2.05, 4.69) is 11.6 Å². The van der Waals surface area contributed by atoms with E-state index in [1.54, 1.807) is 12.4 Å². The molecule has 0 aliphatic heterocycles. The zero-order valence-corrected chi connectivity index (χ0v) is 7.12. The summed E-state index contributed by atoms with van der Waals surface area (Å²) >= 11 is 0. The van der Waals surface area contributed by atoms with Gasteiger partial charge in [-0.25, -0.2) is 0 Å². The van der Waals surface area contributed by atoms with Gasteiger partial charge in [-0.3, -0.25) is 4.98 Å². The van der Waals surface area contributed by atoms with Crippen molar-refractivity contribution in [3.05, 3.63) is 48.4 Å². The lowest BCUT2D eigenvalue weighted by Crippen LogP contribution is -1.98. The van der Waals surface area contributed by atoms with E-state index in [1.807, 2.05) is 25.1 Å². The summed E-state index contributed by atoms with van der Waals surface area (Å²) in [4.78, 5) is 3.98. The summed E-state index contributed by atoms with van der Waals surface area (Å²) in [5, 5.41) is 0. The number of nitrogens with zero attached hydrogens (tertiary/aromatic N) is 1. The van der Waals surface area contributed by atoms with Crippen LogP contribution >= 0.6 is 0 Å². The molecule has 0 aliphatic rings. The van der Waals surface area contributed by atoms with E-state index in [0.29, 0.717) is 5.70 Å². The summed E-state index contributed by atoms with van der Waals surface area (Å²) < 4.78 is 0. The first-order valence-corrected chi connectivity index (χ1v) is 3.77. The summed E-state index contributed by atoms with van der Waals surface area (Å²) in [6.07, 6.45) is 5.30. The highest BCUT2D eigenvalue weighted by Crippen LogP contribution is 2.15. The molecular formula is C10H12N2. The van der Waals surface area contributed by atoms with Gasteiger partial charge in [0.05, 0.1) is 0 Å². The Morgan fingerprint density at radius 2 is 2.42 bits per heavy atom. The van der Waals surface area contributed by atoms with Crippen molar-refractivity contribution in [3.8, 4) is 0 Å². The number of nitrogens with two attached hydrogens (primary N) is 1. The van der Waals surface area contributed by atoms with Crippen molar-refractivity contribution in [2.75, 3.05) is 0 Å². The van der Waals surface area contributed by atoms with Crippen LogP contribution in [0.5, 0.6) is 0 Å². The highest BCUT2D eigenvalue weighted by Gasteiger charge is 1.98. The van der Waals surface area contributed by atoms with Gasteiger partial charge in [-0.2, -0.15) is 0 Å². The van der Waals surface area contributed by atoms with Crippen LogP contribution in [-0.2, 0) is 0 Å². The smallest absolute Gasteiger partial charge is 0.0346 e. The van der Waals surface area contributed by atoms with Gasteiger partial charge >= 0.3 is 0 Å². The van der Waals surface area contributed by atoms with Crippen LogP contribution in [-0.4, -0.2) is 4.98 Å². The average molecular weight is 160 g/mol. The van der Waals surface area contributed by atoms with Crippen LogP contribution < -0.4 is 5.73 Å². The van der Waals surface area contributed by atoms with Gasteiger partial charge in [0.25, 0.3) is 0 Å². The van der Waals surface area contributed by atoms with Crippen molar-refractivity contribution >= 4 is 5.57 Å². The van der Waals surface area contributed by atoms with E-state index < -0.39 is 0 Å². The van der Waals surface area contributed by atoms with Crippen LogP contribution in [0.1, 0.15) is 12.5 Å². The fourth-order valence-electron chi connectivity index (χ4n) is 0.882. The van der Waals surface area contributed by atoms with Crippen LogP contribution in [0, 0.1) is 0 Å². The molecule has 0 radical (unpaired) electrons. The van der Waals surface area contributed by atoms with E-state index in [0.717, 1.165) is 11.1 Å². The van der Waals surface area contributed by atoms with Crippen molar-refractivity contribution in [1.82, 2.24) is 4.98 Å². The fraction of sp³-hybridized carbons (Fsp3) is 0.100. The molecule has 2 heteroatoms. The topological polar surface area (TPSA) is 38.9 Å². The number of pyridine rings is 1. The zero-order valence-electron chi connectivity index (χ0n) is 7.12. The molecule has 0 amide bonds. The number of aromatic nitrogens is 1. The molecule has 0 aliphatic carbocycles. The average Bonchev–Trinajstić information content (AvgIpc) is 2.17. The first-order valence-electron chi connectivity index (χ1n) is 3.77. The SMILES string of the molecule is C=C(/C(N)=C\C)c1cccnc1. The third kappa shape index (κ3) is 1.72. The van der Waals surface area contributed by atoms with Gasteiger partial charge in [0.1, 0.15) is 0 Å². The van der Waals surface area contributed by atoms with E-state index in [9.17, 15) is 0 Å². The number of hydrogen-bond donors (Lipinski definition) is 1. The Labute approximate surface area is 72.4 Å². The highest BCUT2D eigenvalue weighted by molar-refractivity contribution is 5.75. The second-order valence-electron chi connectivity index (χ2n) is 2.46. The summed E-state index contributed by atoms with van der Waals surface area (Å²) in [6, 6.07) is 3.80. The van der Waals surface area contributed by atoms with Gasteiger partial charge in [0, 0.05) is 23.7 Å². The molecule has 0 aromatic carbocycles. The van der Waals surface area contributed by atoms with Crippen molar-refractivity contribution in [2.45, 2.75) is 6.92 Å². The summed E-state index contributed by atoms with van der Waals surface area (Å²) in [6.45, 7) is 5.75. The quantitative estimate of drug-likeness (QED) is 0.671. The normalized spacial score (nSPS) is 11.2. The van der Waals surface area contributed by atoms with Gasteiger partial charge in [-0.1, -0.05) is 18.7 Å². The van der Waals surface area contributed by atoms with Crippen molar-refractivity contribution < 1.29 is 0 Å². The van der Waals surface area contributed by atoms with Gasteiger partial charge in [0.2, 0.25) is 0 Å². The van der Waals surface area contributed by atoms with E-state index in [4.69, 9.17) is 5.73 Å². The standard InChI is InChI=1S/C10H12N2/c1-3-10(11)8(2)9-5-4-6-12-7-9/h3-7H,2,11H2,1H3/b10-3+. The lowest BCUT2D eigenvalue weighted by molar-refractivity contribution is 1.29. The lowest BCUT2D eigenvalue weighted by Gasteiger charge is -2.03. The fourth-order valence-corrected chi connectivity index (χ4v) is 0.882. The predicted molar refractivity (Wildman–Crippen MR) is 51.2 cm³/mol. The Balaban J connectivity index is 2.94. The lowest BCUT2D eigenvalue weighted by atomic mass is 10.1. The maximum atomic E-state index is 5.68. The molecule has 0 atom stereocenters. The van der Waals surface area contributed by atoms with Crippen LogP contribution in [0.2, 0.25) is 0 Å². The molecule has 62 valence electrons. The Kier molecular flexibility index (Phi) is 2.64. The third-order valence-corrected chi connectivity index (χ3v) is 1.67. The first-order chi connectivity index (χ1) is 5.75. The Hall–Kier alpha value is -1.57. The summed E-state index contributed by atoms with van der Waals surface area (Å²) in [5.41, 5.74) is 8.17. The number of hydrogen-bond acceptors (Lipinski definition) is 2. The van der Waals surface area contributed by atoms with E-state index in [1.165, 1.54) is 0 Å². The van der Waals surface area contributed by atoms with Crippen LogP contribution in [0.4, 0.5) is 0 Å². The first kappa shape index (κ1) is 8.53. The highest BCUT2D eigenvalue weighted by atomic mass is 14.6. The summed E-state index contributed by atoms with van der Waals surface area (Å²) in [7, 11) is 0. The molecule has 1 aromatic heterocycles. The molecule has 0 saturated carbocycles. The minimum Gasteiger partial charge on any atom is -0.399 e. The third-order valence-electron chi connectivity index (χ3n) is 1.67. The van der Waals surface area contributed by atoms with Gasteiger partial charge in [-0.15, -0.1) is 0 Å². The maximum absolute atomic E-state index is 5.68. The molecule has 1 heterocycles. The van der Waals surface area contributed by atoms with Crippen molar-refractivity contribution in [3.63, 3.8) is 0 Å². The molecule has 0 unspecified atom stereocenters. The van der Waals surface area contributed by atoms with Crippen LogP contribution in [0.3, 0.4) is 0 Å². The Morgan fingerprint density at radius 1 is 1.67 bits per heavy atom. The van der Waals surface area contributed by atoms with Gasteiger partial charge < -0.3 is 5.73 Å². The van der Waals surface area contributed by atoms with Crippen molar-refractivity contribution in [2.24, 2.45) is 5.73 Å². The molecule has 0 bridgehead atoms. The molecule has 1 rings (SSSR count). The van der Waals surface area contributed by atoms with Crippen LogP contribution in [0.25, 0.3) is 5.57 Å². The Morgan fingerprint density at radius 3 is 2.92 bits per heavy atom. The van der Waals surface area contributed by atoms with Gasteiger partial charge in [-0.05, 0) is 18.6 Å². The van der Waals surface area contributed by atoms with E-state index >= 15 is 0 Å². The predicted octanol–water partition coefficient (Wildman–Crippen LogP) is 1.96. The molecule has 0 spiro atoms. The largest absolute Gasteiger partial charge is 0.399 e. The van der Waals surface area contributed by atoms with Crippen LogP contribution in [0.15, 0.2) is 42.9 Å². The summed E-state index contributed by atoms with van der Waals surface area (Å²) in [5.74, 6) is 0. The Bertz CT molecular complexity index is 299. The van der Waals surface area contributed by atoms with Gasteiger partial charge in [0.15, 0.2) is 0 Å². The second kappa shape index (κ2) is 3.72. The molecule has 0 saturated heterocycles.